The number of fused-ring (bicyclic) bond motifs is 1. The van der Waals surface area contributed by atoms with Crippen LogP contribution in [0.4, 0.5) is 5.69 Å². The van der Waals surface area contributed by atoms with Gasteiger partial charge in [0.1, 0.15) is 12.0 Å². The summed E-state index contributed by atoms with van der Waals surface area (Å²) >= 11 is 0. The second-order valence-electron chi connectivity index (χ2n) is 5.57. The SMILES string of the molecule is O=C1[C@@H]2CN(Cc3ccco3)C[C@@H]2CN1c1ccoc1. The van der Waals surface area contributed by atoms with Crippen molar-refractivity contribution in [3.05, 3.63) is 42.7 Å². The molecule has 0 aromatic carbocycles. The molecule has 5 heteroatoms. The molecule has 2 aliphatic rings. The normalized spacial score (nSPS) is 26.4. The lowest BCUT2D eigenvalue weighted by molar-refractivity contribution is -0.120. The Kier molecular flexibility index (Phi) is 2.67. The van der Waals surface area contributed by atoms with E-state index in [9.17, 15) is 4.79 Å². The number of carbonyl (C=O) groups excluding carboxylic acids is 1. The smallest absolute Gasteiger partial charge is 0.231 e. The van der Waals surface area contributed by atoms with Gasteiger partial charge >= 0.3 is 0 Å². The van der Waals surface area contributed by atoms with Crippen molar-refractivity contribution in [1.82, 2.24) is 4.90 Å². The molecule has 0 radical (unpaired) electrons. The number of carbonyl (C=O) groups is 1. The first-order valence-corrected chi connectivity index (χ1v) is 6.89. The summed E-state index contributed by atoms with van der Waals surface area (Å²) in [7, 11) is 0. The zero-order chi connectivity index (χ0) is 13.5. The summed E-state index contributed by atoms with van der Waals surface area (Å²) < 4.78 is 10.4. The number of hydrogen-bond acceptors (Lipinski definition) is 4. The van der Waals surface area contributed by atoms with Crippen molar-refractivity contribution in [2.24, 2.45) is 11.8 Å². The minimum atomic E-state index is 0.111. The number of rotatable bonds is 3. The first-order valence-electron chi connectivity index (χ1n) is 6.89. The van der Waals surface area contributed by atoms with Gasteiger partial charge in [0.25, 0.3) is 0 Å². The van der Waals surface area contributed by atoms with E-state index in [0.717, 1.165) is 37.6 Å². The average Bonchev–Trinajstić information content (AvgIpc) is 3.17. The van der Waals surface area contributed by atoms with Gasteiger partial charge in [-0.3, -0.25) is 9.69 Å². The molecule has 1 amide bonds. The highest BCUT2D eigenvalue weighted by Crippen LogP contribution is 2.35. The van der Waals surface area contributed by atoms with Crippen LogP contribution >= 0.6 is 0 Å². The average molecular weight is 272 g/mol. The first-order chi connectivity index (χ1) is 9.81. The predicted molar refractivity (Wildman–Crippen MR) is 72.0 cm³/mol. The van der Waals surface area contributed by atoms with E-state index in [0.29, 0.717) is 5.92 Å². The Bertz CT molecular complexity index is 591. The fourth-order valence-corrected chi connectivity index (χ4v) is 3.35. The zero-order valence-corrected chi connectivity index (χ0v) is 11.1. The topological polar surface area (TPSA) is 49.8 Å². The molecule has 2 aliphatic heterocycles. The lowest BCUT2D eigenvalue weighted by atomic mass is 10.0. The molecule has 20 heavy (non-hydrogen) atoms. The van der Waals surface area contributed by atoms with Crippen LogP contribution in [-0.2, 0) is 11.3 Å². The van der Waals surface area contributed by atoms with E-state index in [-0.39, 0.29) is 11.8 Å². The van der Waals surface area contributed by atoms with Crippen molar-refractivity contribution < 1.29 is 13.6 Å². The Morgan fingerprint density at radius 2 is 2.15 bits per heavy atom. The minimum Gasteiger partial charge on any atom is -0.470 e. The van der Waals surface area contributed by atoms with E-state index in [1.807, 2.05) is 23.1 Å². The molecule has 4 rings (SSSR count). The first kappa shape index (κ1) is 11.8. The van der Waals surface area contributed by atoms with Gasteiger partial charge in [-0.1, -0.05) is 0 Å². The lowest BCUT2D eigenvalue weighted by Crippen LogP contribution is -2.32. The molecule has 2 atom stereocenters. The lowest BCUT2D eigenvalue weighted by Gasteiger charge is -2.19. The van der Waals surface area contributed by atoms with E-state index in [2.05, 4.69) is 4.90 Å². The summed E-state index contributed by atoms with van der Waals surface area (Å²) in [6.07, 6.45) is 4.94. The maximum absolute atomic E-state index is 12.5. The largest absolute Gasteiger partial charge is 0.470 e. The molecule has 2 fully saturated rings. The molecule has 104 valence electrons. The number of furan rings is 2. The van der Waals surface area contributed by atoms with Crippen molar-refractivity contribution >= 4 is 11.6 Å². The van der Waals surface area contributed by atoms with Crippen LogP contribution in [0.3, 0.4) is 0 Å². The summed E-state index contributed by atoms with van der Waals surface area (Å²) in [5.74, 6) is 1.70. The number of amides is 1. The van der Waals surface area contributed by atoms with Crippen LogP contribution < -0.4 is 4.90 Å². The molecule has 5 nitrogen and oxygen atoms in total. The molecular weight excluding hydrogens is 256 g/mol. The van der Waals surface area contributed by atoms with Gasteiger partial charge < -0.3 is 13.7 Å². The summed E-state index contributed by atoms with van der Waals surface area (Å²) in [4.78, 5) is 16.6. The van der Waals surface area contributed by atoms with Gasteiger partial charge in [0, 0.05) is 31.6 Å². The highest BCUT2D eigenvalue weighted by Gasteiger charge is 2.46. The van der Waals surface area contributed by atoms with Gasteiger partial charge in [0.2, 0.25) is 5.91 Å². The van der Waals surface area contributed by atoms with Crippen LogP contribution in [0.15, 0.2) is 45.8 Å². The summed E-state index contributed by atoms with van der Waals surface area (Å²) in [6.45, 7) is 3.35. The van der Waals surface area contributed by atoms with Crippen LogP contribution in [-0.4, -0.2) is 30.4 Å². The van der Waals surface area contributed by atoms with Crippen molar-refractivity contribution in [3.63, 3.8) is 0 Å². The Labute approximate surface area is 116 Å². The monoisotopic (exact) mass is 272 g/mol. The van der Waals surface area contributed by atoms with Crippen molar-refractivity contribution in [3.8, 4) is 0 Å². The third kappa shape index (κ3) is 1.86. The van der Waals surface area contributed by atoms with Gasteiger partial charge in [-0.15, -0.1) is 0 Å². The maximum atomic E-state index is 12.5. The third-order valence-corrected chi connectivity index (χ3v) is 4.29. The van der Waals surface area contributed by atoms with Gasteiger partial charge in [0.15, 0.2) is 0 Å². The van der Waals surface area contributed by atoms with E-state index in [1.165, 1.54) is 0 Å². The summed E-state index contributed by atoms with van der Waals surface area (Å²) in [5.41, 5.74) is 0.877. The second-order valence-corrected chi connectivity index (χ2v) is 5.57. The quantitative estimate of drug-likeness (QED) is 0.857. The molecule has 2 aromatic heterocycles. The van der Waals surface area contributed by atoms with Gasteiger partial charge in [-0.2, -0.15) is 0 Å². The van der Waals surface area contributed by atoms with Crippen LogP contribution in [0.2, 0.25) is 0 Å². The maximum Gasteiger partial charge on any atom is 0.231 e. The molecule has 0 aliphatic carbocycles. The van der Waals surface area contributed by atoms with Gasteiger partial charge in [0.05, 0.1) is 30.7 Å². The molecule has 0 unspecified atom stereocenters. The Morgan fingerprint density at radius 1 is 1.20 bits per heavy atom. The van der Waals surface area contributed by atoms with Gasteiger partial charge in [-0.25, -0.2) is 0 Å². The Morgan fingerprint density at radius 3 is 2.85 bits per heavy atom. The zero-order valence-electron chi connectivity index (χ0n) is 11.1. The van der Waals surface area contributed by atoms with Crippen LogP contribution in [0.1, 0.15) is 5.76 Å². The van der Waals surface area contributed by atoms with Crippen LogP contribution in [0.5, 0.6) is 0 Å². The van der Waals surface area contributed by atoms with Crippen molar-refractivity contribution in [2.45, 2.75) is 6.54 Å². The van der Waals surface area contributed by atoms with Crippen LogP contribution in [0, 0.1) is 11.8 Å². The third-order valence-electron chi connectivity index (χ3n) is 4.29. The fraction of sp³-hybridized carbons (Fsp3) is 0.400. The van der Waals surface area contributed by atoms with Gasteiger partial charge in [-0.05, 0) is 12.1 Å². The van der Waals surface area contributed by atoms with Crippen LogP contribution in [0.25, 0.3) is 0 Å². The standard InChI is InChI=1S/C15H16N2O3/c18-15-14-9-16(8-13-2-1-4-20-13)6-11(14)7-17(15)12-3-5-19-10-12/h1-5,10-11,14H,6-9H2/t11-,14-/m1/s1. The molecule has 0 saturated carbocycles. The number of likely N-dealkylation sites (tertiary alicyclic amines) is 1. The second kappa shape index (κ2) is 4.52. The summed E-state index contributed by atoms with van der Waals surface area (Å²) in [6, 6.07) is 5.73. The Hall–Kier alpha value is -2.01. The molecule has 2 saturated heterocycles. The molecule has 2 aromatic rings. The predicted octanol–water partition coefficient (Wildman–Crippen LogP) is 1.97. The minimum absolute atomic E-state index is 0.111. The Balaban J connectivity index is 1.45. The van der Waals surface area contributed by atoms with E-state index < -0.39 is 0 Å². The molecule has 0 N–H and O–H groups in total. The molecule has 4 heterocycles. The van der Waals surface area contributed by atoms with E-state index in [4.69, 9.17) is 8.83 Å². The highest BCUT2D eigenvalue weighted by atomic mass is 16.3. The highest BCUT2D eigenvalue weighted by molar-refractivity contribution is 5.97. The fourth-order valence-electron chi connectivity index (χ4n) is 3.35. The summed E-state index contributed by atoms with van der Waals surface area (Å²) in [5, 5.41) is 0. The number of hydrogen-bond donors (Lipinski definition) is 0. The van der Waals surface area contributed by atoms with Crippen molar-refractivity contribution in [2.75, 3.05) is 24.5 Å². The number of anilines is 1. The van der Waals surface area contributed by atoms with E-state index >= 15 is 0 Å². The molecule has 0 spiro atoms. The van der Waals surface area contributed by atoms with E-state index in [1.54, 1.807) is 18.8 Å². The molecule has 0 bridgehead atoms. The van der Waals surface area contributed by atoms with Crippen molar-refractivity contribution in [1.29, 1.82) is 0 Å². The number of nitrogens with zero attached hydrogens (tertiary/aromatic N) is 2. The molecular formula is C15H16N2O3.